The SMILES string of the molecule is COP(=O)(OCCCl)Oc1ccc(C)c(C)c1. The zero-order valence-electron chi connectivity index (χ0n) is 10.1. The van der Waals surface area contributed by atoms with E-state index in [0.29, 0.717) is 5.75 Å². The molecule has 1 rings (SSSR count). The van der Waals surface area contributed by atoms with Gasteiger partial charge in [-0.1, -0.05) is 6.07 Å². The van der Waals surface area contributed by atoms with Gasteiger partial charge >= 0.3 is 7.82 Å². The van der Waals surface area contributed by atoms with Crippen LogP contribution >= 0.6 is 19.4 Å². The number of hydrogen-bond donors (Lipinski definition) is 0. The fraction of sp³-hybridized carbons (Fsp3) is 0.455. The number of rotatable bonds is 6. The second kappa shape index (κ2) is 6.41. The first-order valence-electron chi connectivity index (χ1n) is 5.14. The zero-order chi connectivity index (χ0) is 12.9. The third-order valence-corrected chi connectivity index (χ3v) is 3.78. The summed E-state index contributed by atoms with van der Waals surface area (Å²) in [4.78, 5) is 0. The minimum atomic E-state index is -3.56. The number of phosphoric ester groups is 1. The van der Waals surface area contributed by atoms with E-state index in [4.69, 9.17) is 25.2 Å². The molecule has 0 N–H and O–H groups in total. The molecule has 0 radical (unpaired) electrons. The molecule has 0 aliphatic heterocycles. The Morgan fingerprint density at radius 2 is 2.00 bits per heavy atom. The number of phosphoric acid groups is 1. The number of aryl methyl sites for hydroxylation is 2. The van der Waals surface area contributed by atoms with Crippen LogP contribution in [-0.2, 0) is 13.6 Å². The van der Waals surface area contributed by atoms with E-state index < -0.39 is 7.82 Å². The normalized spacial score (nSPS) is 14.4. The summed E-state index contributed by atoms with van der Waals surface area (Å²) in [5.41, 5.74) is 2.17. The number of hydrogen-bond acceptors (Lipinski definition) is 4. The maximum Gasteiger partial charge on any atom is 0.529 e. The second-order valence-corrected chi connectivity index (χ2v) is 5.57. The lowest BCUT2D eigenvalue weighted by Crippen LogP contribution is -2.02. The first-order valence-corrected chi connectivity index (χ1v) is 7.13. The third-order valence-electron chi connectivity index (χ3n) is 2.25. The van der Waals surface area contributed by atoms with E-state index in [1.165, 1.54) is 7.11 Å². The van der Waals surface area contributed by atoms with Crippen LogP contribution in [0, 0.1) is 13.8 Å². The summed E-state index contributed by atoms with van der Waals surface area (Å²) >= 11 is 5.46. The maximum atomic E-state index is 12.0. The summed E-state index contributed by atoms with van der Waals surface area (Å²) < 4.78 is 27.0. The van der Waals surface area contributed by atoms with Crippen molar-refractivity contribution in [2.45, 2.75) is 13.8 Å². The molecule has 0 aliphatic carbocycles. The molecule has 1 atom stereocenters. The highest BCUT2D eigenvalue weighted by Gasteiger charge is 2.26. The predicted octanol–water partition coefficient (Wildman–Crippen LogP) is 3.69. The van der Waals surface area contributed by atoms with Crippen LogP contribution < -0.4 is 4.52 Å². The van der Waals surface area contributed by atoms with Crippen molar-refractivity contribution < 1.29 is 18.1 Å². The Hall–Kier alpha value is -0.540. The molecule has 0 spiro atoms. The van der Waals surface area contributed by atoms with Gasteiger partial charge in [0.25, 0.3) is 0 Å². The average Bonchev–Trinajstić information content (AvgIpc) is 2.31. The topological polar surface area (TPSA) is 44.8 Å². The van der Waals surface area contributed by atoms with E-state index in [1.54, 1.807) is 12.1 Å². The van der Waals surface area contributed by atoms with Gasteiger partial charge in [0.1, 0.15) is 5.75 Å². The summed E-state index contributed by atoms with van der Waals surface area (Å²) in [5, 5.41) is 0. The van der Waals surface area contributed by atoms with Crippen LogP contribution in [0.4, 0.5) is 0 Å². The molecule has 0 fully saturated rings. The van der Waals surface area contributed by atoms with Gasteiger partial charge in [-0.3, -0.25) is 9.05 Å². The van der Waals surface area contributed by atoms with Crippen molar-refractivity contribution in [2.75, 3.05) is 19.6 Å². The Morgan fingerprint density at radius 1 is 1.29 bits per heavy atom. The molecular weight excluding hydrogens is 263 g/mol. The number of alkyl halides is 1. The fourth-order valence-corrected chi connectivity index (χ4v) is 2.27. The van der Waals surface area contributed by atoms with Gasteiger partial charge in [0.05, 0.1) is 6.61 Å². The van der Waals surface area contributed by atoms with Gasteiger partial charge in [0, 0.05) is 13.0 Å². The van der Waals surface area contributed by atoms with E-state index in [-0.39, 0.29) is 12.5 Å². The summed E-state index contributed by atoms with van der Waals surface area (Å²) in [6.45, 7) is 4.04. The lowest BCUT2D eigenvalue weighted by atomic mass is 10.1. The molecule has 96 valence electrons. The van der Waals surface area contributed by atoms with Gasteiger partial charge in [0.15, 0.2) is 0 Å². The summed E-state index contributed by atoms with van der Waals surface area (Å²) in [5.74, 6) is 0.678. The monoisotopic (exact) mass is 278 g/mol. The highest BCUT2D eigenvalue weighted by atomic mass is 35.5. The summed E-state index contributed by atoms with van der Waals surface area (Å²) in [7, 11) is -2.28. The fourth-order valence-electron chi connectivity index (χ4n) is 1.16. The molecule has 1 aromatic carbocycles. The van der Waals surface area contributed by atoms with Crippen LogP contribution in [0.25, 0.3) is 0 Å². The Labute approximate surface area is 106 Å². The van der Waals surface area contributed by atoms with Crippen LogP contribution in [0.3, 0.4) is 0 Å². The molecule has 6 heteroatoms. The van der Waals surface area contributed by atoms with E-state index in [9.17, 15) is 4.57 Å². The minimum absolute atomic E-state index is 0.109. The number of halogens is 1. The zero-order valence-corrected chi connectivity index (χ0v) is 11.8. The number of benzene rings is 1. The van der Waals surface area contributed by atoms with Crippen molar-refractivity contribution in [3.63, 3.8) is 0 Å². The summed E-state index contributed by atoms with van der Waals surface area (Å²) in [6, 6.07) is 5.38. The molecule has 0 aliphatic rings. The Morgan fingerprint density at radius 3 is 2.53 bits per heavy atom. The molecule has 0 saturated carbocycles. The minimum Gasteiger partial charge on any atom is -0.404 e. The van der Waals surface area contributed by atoms with Gasteiger partial charge < -0.3 is 4.52 Å². The lowest BCUT2D eigenvalue weighted by Gasteiger charge is -2.16. The molecule has 1 aromatic rings. The van der Waals surface area contributed by atoms with E-state index in [0.717, 1.165) is 11.1 Å². The molecule has 0 aromatic heterocycles. The Kier molecular flexibility index (Phi) is 5.47. The van der Waals surface area contributed by atoms with Crippen molar-refractivity contribution in [3.8, 4) is 5.75 Å². The summed E-state index contributed by atoms with van der Waals surface area (Å²) in [6.07, 6.45) is 0. The predicted molar refractivity (Wildman–Crippen MR) is 67.8 cm³/mol. The molecule has 0 amide bonds. The van der Waals surface area contributed by atoms with Gasteiger partial charge in [0.2, 0.25) is 0 Å². The van der Waals surface area contributed by atoms with Crippen LogP contribution in [0.2, 0.25) is 0 Å². The van der Waals surface area contributed by atoms with Gasteiger partial charge in [-0.25, -0.2) is 4.57 Å². The van der Waals surface area contributed by atoms with Crippen molar-refractivity contribution in [3.05, 3.63) is 29.3 Å². The van der Waals surface area contributed by atoms with Gasteiger partial charge in [-0.05, 0) is 37.1 Å². The van der Waals surface area contributed by atoms with Crippen molar-refractivity contribution in [1.82, 2.24) is 0 Å². The average molecular weight is 279 g/mol. The largest absolute Gasteiger partial charge is 0.529 e. The van der Waals surface area contributed by atoms with Crippen molar-refractivity contribution in [2.24, 2.45) is 0 Å². The van der Waals surface area contributed by atoms with Gasteiger partial charge in [-0.15, -0.1) is 11.6 Å². The van der Waals surface area contributed by atoms with Crippen LogP contribution in [0.1, 0.15) is 11.1 Å². The third kappa shape index (κ3) is 4.32. The highest BCUT2D eigenvalue weighted by Crippen LogP contribution is 2.48. The molecule has 1 unspecified atom stereocenters. The van der Waals surface area contributed by atoms with Crippen LogP contribution in [-0.4, -0.2) is 19.6 Å². The Bertz CT molecular complexity index is 422. The van der Waals surface area contributed by atoms with E-state index in [1.807, 2.05) is 19.9 Å². The molecular formula is C11H16ClO4P. The lowest BCUT2D eigenvalue weighted by molar-refractivity contribution is 0.188. The van der Waals surface area contributed by atoms with E-state index >= 15 is 0 Å². The van der Waals surface area contributed by atoms with Crippen LogP contribution in [0.5, 0.6) is 5.75 Å². The smallest absolute Gasteiger partial charge is 0.404 e. The van der Waals surface area contributed by atoms with Crippen molar-refractivity contribution >= 4 is 19.4 Å². The van der Waals surface area contributed by atoms with Gasteiger partial charge in [-0.2, -0.15) is 0 Å². The maximum absolute atomic E-state index is 12.0. The Balaban J connectivity index is 2.80. The highest BCUT2D eigenvalue weighted by molar-refractivity contribution is 7.48. The molecule has 0 bridgehead atoms. The first-order chi connectivity index (χ1) is 8.00. The standard InChI is InChI=1S/C11H16ClO4P/c1-9-4-5-11(8-10(9)2)16-17(13,14-3)15-7-6-12/h4-5,8H,6-7H2,1-3H3. The van der Waals surface area contributed by atoms with Crippen molar-refractivity contribution in [1.29, 1.82) is 0 Å². The first kappa shape index (κ1) is 14.5. The van der Waals surface area contributed by atoms with E-state index in [2.05, 4.69) is 0 Å². The molecule has 0 heterocycles. The molecule has 0 saturated heterocycles. The molecule has 4 nitrogen and oxygen atoms in total. The quantitative estimate of drug-likeness (QED) is 0.588. The second-order valence-electron chi connectivity index (χ2n) is 3.49. The molecule has 17 heavy (non-hydrogen) atoms. The van der Waals surface area contributed by atoms with Crippen LogP contribution in [0.15, 0.2) is 18.2 Å².